The maximum Gasteiger partial charge on any atom is 0.244 e. The van der Waals surface area contributed by atoms with Crippen LogP contribution in [0.3, 0.4) is 0 Å². The van der Waals surface area contributed by atoms with Gasteiger partial charge in [0.2, 0.25) is 10.0 Å². The lowest BCUT2D eigenvalue weighted by Gasteiger charge is -2.10. The van der Waals surface area contributed by atoms with Crippen molar-refractivity contribution in [3.05, 3.63) is 23.2 Å². The van der Waals surface area contributed by atoms with E-state index >= 15 is 0 Å². The van der Waals surface area contributed by atoms with Crippen LogP contribution in [0.5, 0.6) is 5.75 Å². The Kier molecular flexibility index (Phi) is 5.87. The summed E-state index contributed by atoms with van der Waals surface area (Å²) in [5, 5.41) is 3.38. The Morgan fingerprint density at radius 3 is 2.67 bits per heavy atom. The van der Waals surface area contributed by atoms with Gasteiger partial charge in [0.05, 0.1) is 7.11 Å². The minimum Gasteiger partial charge on any atom is -0.495 e. The summed E-state index contributed by atoms with van der Waals surface area (Å²) in [4.78, 5) is 0.0962. The fraction of sp³-hybridized carbons (Fsp3) is 0.455. The second-order valence-corrected chi connectivity index (χ2v) is 5.82. The van der Waals surface area contributed by atoms with Gasteiger partial charge >= 0.3 is 0 Å². The summed E-state index contributed by atoms with van der Waals surface area (Å²) in [7, 11) is -0.337. The molecule has 0 heterocycles. The van der Waals surface area contributed by atoms with Gasteiger partial charge in [-0.2, -0.15) is 0 Å². The quantitative estimate of drug-likeness (QED) is 0.742. The third kappa shape index (κ3) is 4.13. The molecule has 0 amide bonds. The van der Waals surface area contributed by atoms with E-state index in [1.807, 2.05) is 7.05 Å². The van der Waals surface area contributed by atoms with Crippen LogP contribution in [0, 0.1) is 0 Å². The predicted molar refractivity (Wildman–Crippen MR) is 71.7 cm³/mol. The van der Waals surface area contributed by atoms with Gasteiger partial charge in [0, 0.05) is 17.6 Å². The van der Waals surface area contributed by atoms with Crippen LogP contribution in [-0.2, 0) is 10.0 Å². The fourth-order valence-electron chi connectivity index (χ4n) is 1.41. The van der Waals surface area contributed by atoms with Gasteiger partial charge in [-0.25, -0.2) is 13.1 Å². The van der Waals surface area contributed by atoms with E-state index in [0.717, 1.165) is 6.54 Å². The molecule has 0 saturated heterocycles. The zero-order valence-corrected chi connectivity index (χ0v) is 11.9. The normalized spacial score (nSPS) is 11.5. The van der Waals surface area contributed by atoms with E-state index in [2.05, 4.69) is 10.0 Å². The van der Waals surface area contributed by atoms with Crippen LogP contribution in [0.25, 0.3) is 0 Å². The molecule has 0 radical (unpaired) electrons. The highest BCUT2D eigenvalue weighted by molar-refractivity contribution is 7.89. The van der Waals surface area contributed by atoms with Crippen molar-refractivity contribution in [2.24, 2.45) is 0 Å². The molecule has 7 heteroatoms. The molecule has 102 valence electrons. The number of sulfonamides is 1. The Morgan fingerprint density at radius 2 is 2.06 bits per heavy atom. The summed E-state index contributed by atoms with van der Waals surface area (Å²) < 4.78 is 31.6. The molecule has 1 rings (SSSR count). The van der Waals surface area contributed by atoms with E-state index in [0.29, 0.717) is 18.0 Å². The molecule has 0 aliphatic carbocycles. The number of benzene rings is 1. The van der Waals surface area contributed by atoms with Crippen LogP contribution in [0.4, 0.5) is 0 Å². The molecule has 0 aliphatic rings. The predicted octanol–water partition coefficient (Wildman–Crippen LogP) is 1.24. The van der Waals surface area contributed by atoms with Gasteiger partial charge in [0.1, 0.15) is 10.6 Å². The molecule has 5 nitrogen and oxygen atoms in total. The van der Waals surface area contributed by atoms with E-state index in [-0.39, 0.29) is 10.6 Å². The Morgan fingerprint density at radius 1 is 1.33 bits per heavy atom. The molecule has 0 spiro atoms. The zero-order valence-electron chi connectivity index (χ0n) is 10.4. The summed E-state index contributed by atoms with van der Waals surface area (Å²) in [6.07, 6.45) is 0.714. The minimum atomic E-state index is -3.56. The van der Waals surface area contributed by atoms with Gasteiger partial charge in [0.15, 0.2) is 0 Å². The first-order valence-corrected chi connectivity index (χ1v) is 7.35. The average Bonchev–Trinajstić information content (AvgIpc) is 2.34. The number of nitrogens with one attached hydrogen (secondary N) is 2. The maximum absolute atomic E-state index is 12.0. The number of hydrogen-bond acceptors (Lipinski definition) is 4. The standard InChI is InChI=1S/C11H17ClN2O3S/c1-13-6-3-7-14-18(15,16)11-5-4-9(12)8-10(11)17-2/h4-5,8,13-14H,3,6-7H2,1-2H3. The van der Waals surface area contributed by atoms with Crippen LogP contribution in [-0.4, -0.2) is 35.7 Å². The first kappa shape index (κ1) is 15.2. The van der Waals surface area contributed by atoms with Crippen molar-refractivity contribution in [1.29, 1.82) is 0 Å². The van der Waals surface area contributed by atoms with Crippen molar-refractivity contribution in [3.8, 4) is 5.75 Å². The Balaban J connectivity index is 2.84. The Hall–Kier alpha value is -0.820. The maximum atomic E-state index is 12.0. The van der Waals surface area contributed by atoms with Crippen LogP contribution < -0.4 is 14.8 Å². The summed E-state index contributed by atoms with van der Waals surface area (Å²) in [5.74, 6) is 0.239. The molecule has 18 heavy (non-hydrogen) atoms. The van der Waals surface area contributed by atoms with Gasteiger partial charge in [0.25, 0.3) is 0 Å². The molecule has 1 aromatic carbocycles. The molecule has 0 unspecified atom stereocenters. The Bertz CT molecular complexity index is 491. The van der Waals surface area contributed by atoms with E-state index in [1.54, 1.807) is 0 Å². The van der Waals surface area contributed by atoms with Crippen molar-refractivity contribution < 1.29 is 13.2 Å². The highest BCUT2D eigenvalue weighted by Gasteiger charge is 2.18. The van der Waals surface area contributed by atoms with E-state index in [4.69, 9.17) is 16.3 Å². The zero-order chi connectivity index (χ0) is 13.6. The van der Waals surface area contributed by atoms with Crippen LogP contribution in [0.1, 0.15) is 6.42 Å². The largest absolute Gasteiger partial charge is 0.495 e. The first-order chi connectivity index (χ1) is 8.51. The van der Waals surface area contributed by atoms with E-state index in [9.17, 15) is 8.42 Å². The fourth-order valence-corrected chi connectivity index (χ4v) is 2.80. The van der Waals surface area contributed by atoms with Crippen molar-refractivity contribution in [2.45, 2.75) is 11.3 Å². The number of halogens is 1. The lowest BCUT2D eigenvalue weighted by molar-refractivity contribution is 0.402. The third-order valence-electron chi connectivity index (χ3n) is 2.31. The molecule has 0 fully saturated rings. The topological polar surface area (TPSA) is 67.4 Å². The van der Waals surface area contributed by atoms with Crippen molar-refractivity contribution >= 4 is 21.6 Å². The number of rotatable bonds is 7. The molecular weight excluding hydrogens is 276 g/mol. The minimum absolute atomic E-state index is 0.0962. The number of ether oxygens (including phenoxy) is 1. The molecule has 1 aromatic rings. The monoisotopic (exact) mass is 292 g/mol. The number of methoxy groups -OCH3 is 1. The lowest BCUT2D eigenvalue weighted by Crippen LogP contribution is -2.27. The summed E-state index contributed by atoms with van der Waals surface area (Å²) in [5.41, 5.74) is 0. The molecule has 0 atom stereocenters. The van der Waals surface area contributed by atoms with Gasteiger partial charge in [-0.15, -0.1) is 0 Å². The highest BCUT2D eigenvalue weighted by atomic mass is 35.5. The molecule has 2 N–H and O–H groups in total. The molecule has 0 bridgehead atoms. The van der Waals surface area contributed by atoms with Gasteiger partial charge < -0.3 is 10.1 Å². The van der Waals surface area contributed by atoms with Crippen LogP contribution in [0.2, 0.25) is 5.02 Å². The average molecular weight is 293 g/mol. The summed E-state index contributed by atoms with van der Waals surface area (Å²) in [6, 6.07) is 4.43. The van der Waals surface area contributed by atoms with E-state index in [1.165, 1.54) is 25.3 Å². The van der Waals surface area contributed by atoms with Crippen LogP contribution in [0.15, 0.2) is 23.1 Å². The smallest absolute Gasteiger partial charge is 0.244 e. The highest BCUT2D eigenvalue weighted by Crippen LogP contribution is 2.26. The molecule has 0 aromatic heterocycles. The van der Waals surface area contributed by atoms with Gasteiger partial charge in [-0.1, -0.05) is 11.6 Å². The molecular formula is C11H17ClN2O3S. The van der Waals surface area contributed by atoms with Gasteiger partial charge in [-0.05, 0) is 32.1 Å². The van der Waals surface area contributed by atoms with Crippen molar-refractivity contribution in [3.63, 3.8) is 0 Å². The van der Waals surface area contributed by atoms with E-state index < -0.39 is 10.0 Å². The second-order valence-electron chi connectivity index (χ2n) is 3.65. The number of hydrogen-bond donors (Lipinski definition) is 2. The third-order valence-corrected chi connectivity index (χ3v) is 4.05. The van der Waals surface area contributed by atoms with Gasteiger partial charge in [-0.3, -0.25) is 0 Å². The first-order valence-electron chi connectivity index (χ1n) is 5.49. The molecule has 0 aliphatic heterocycles. The summed E-state index contributed by atoms with van der Waals surface area (Å²) >= 11 is 5.79. The van der Waals surface area contributed by atoms with Crippen molar-refractivity contribution in [1.82, 2.24) is 10.0 Å². The van der Waals surface area contributed by atoms with Crippen molar-refractivity contribution in [2.75, 3.05) is 27.2 Å². The molecule has 0 saturated carbocycles. The van der Waals surface area contributed by atoms with Crippen LogP contribution >= 0.6 is 11.6 Å². The SMILES string of the molecule is CNCCCNS(=O)(=O)c1ccc(Cl)cc1OC. The second kappa shape index (κ2) is 6.94. The lowest BCUT2D eigenvalue weighted by atomic mass is 10.3. The summed E-state index contributed by atoms with van der Waals surface area (Å²) in [6.45, 7) is 1.12. The Labute approximate surface area is 113 Å².